The number of methoxy groups -OCH3 is 1. The Morgan fingerprint density at radius 1 is 1.06 bits per heavy atom. The number of anilines is 1. The summed E-state index contributed by atoms with van der Waals surface area (Å²) in [4.78, 5) is 13.5. The summed E-state index contributed by atoms with van der Waals surface area (Å²) < 4.78 is 12.8. The number of nitrogens with one attached hydrogen (secondary N) is 1. The summed E-state index contributed by atoms with van der Waals surface area (Å²) in [6.45, 7) is 7.35. The molecule has 0 aliphatic rings. The number of hydrogen-bond donors (Lipinski definition) is 1. The third-order valence-corrected chi connectivity index (χ3v) is 5.24. The maximum absolute atomic E-state index is 5.82. The summed E-state index contributed by atoms with van der Waals surface area (Å²) in [5, 5.41) is 9.40. The van der Waals surface area contributed by atoms with Crippen LogP contribution in [-0.2, 0) is 13.6 Å². The highest BCUT2D eigenvalue weighted by Crippen LogP contribution is 2.40. The number of rotatable bonds is 8. The Morgan fingerprint density at radius 2 is 1.91 bits per heavy atom. The van der Waals surface area contributed by atoms with Gasteiger partial charge in [0.2, 0.25) is 11.8 Å². The van der Waals surface area contributed by atoms with E-state index in [1.807, 2.05) is 55.3 Å². The SMILES string of the molecule is CCOc1ncccc1-c1cnc2c(c(C(C)C)nn2C)c1NCc1ccc(OC)nc1. The van der Waals surface area contributed by atoms with Gasteiger partial charge in [-0.1, -0.05) is 19.9 Å². The number of hydrogen-bond acceptors (Lipinski definition) is 7. The molecule has 0 aromatic carbocycles. The van der Waals surface area contributed by atoms with Crippen LogP contribution < -0.4 is 14.8 Å². The van der Waals surface area contributed by atoms with Crippen molar-refractivity contribution in [3.8, 4) is 22.9 Å². The Kier molecular flexibility index (Phi) is 6.20. The smallest absolute Gasteiger partial charge is 0.221 e. The molecule has 0 amide bonds. The van der Waals surface area contributed by atoms with Gasteiger partial charge in [0.15, 0.2) is 5.65 Å². The molecule has 1 N–H and O–H groups in total. The largest absolute Gasteiger partial charge is 0.481 e. The van der Waals surface area contributed by atoms with Crippen LogP contribution in [0.1, 0.15) is 37.9 Å². The maximum Gasteiger partial charge on any atom is 0.221 e. The van der Waals surface area contributed by atoms with Crippen LogP contribution in [0, 0.1) is 0 Å². The minimum absolute atomic E-state index is 0.235. The minimum Gasteiger partial charge on any atom is -0.481 e. The third kappa shape index (κ3) is 4.08. The van der Waals surface area contributed by atoms with Crippen molar-refractivity contribution in [2.24, 2.45) is 7.05 Å². The second-order valence-corrected chi connectivity index (χ2v) is 7.76. The highest BCUT2D eigenvalue weighted by molar-refractivity contribution is 6.00. The van der Waals surface area contributed by atoms with Gasteiger partial charge in [-0.15, -0.1) is 0 Å². The van der Waals surface area contributed by atoms with Gasteiger partial charge in [0.1, 0.15) is 0 Å². The number of aryl methyl sites for hydroxylation is 1. The standard InChI is InChI=1S/C24H28N6O2/c1-6-32-24-17(8-7-11-25-24)18-14-28-23-20(21(15(2)3)29-30(23)4)22(18)27-13-16-9-10-19(31-5)26-12-16/h7-12,14-15H,6,13H2,1-5H3,(H,27,28). The van der Waals surface area contributed by atoms with Gasteiger partial charge in [0, 0.05) is 49.4 Å². The van der Waals surface area contributed by atoms with Crippen molar-refractivity contribution in [1.29, 1.82) is 0 Å². The van der Waals surface area contributed by atoms with Crippen LogP contribution in [0.5, 0.6) is 11.8 Å². The van der Waals surface area contributed by atoms with E-state index in [-0.39, 0.29) is 5.92 Å². The third-order valence-electron chi connectivity index (χ3n) is 5.24. The zero-order valence-corrected chi connectivity index (χ0v) is 19.1. The van der Waals surface area contributed by atoms with Crippen LogP contribution in [0.2, 0.25) is 0 Å². The fourth-order valence-corrected chi connectivity index (χ4v) is 3.71. The van der Waals surface area contributed by atoms with E-state index in [2.05, 4.69) is 29.1 Å². The van der Waals surface area contributed by atoms with Crippen molar-refractivity contribution in [2.75, 3.05) is 19.0 Å². The Balaban J connectivity index is 1.87. The van der Waals surface area contributed by atoms with E-state index < -0.39 is 0 Å². The Morgan fingerprint density at radius 3 is 2.59 bits per heavy atom. The Bertz CT molecular complexity index is 1220. The Hall–Kier alpha value is -3.68. The lowest BCUT2D eigenvalue weighted by Crippen LogP contribution is -2.05. The lowest BCUT2D eigenvalue weighted by atomic mass is 10.0. The van der Waals surface area contributed by atoms with Gasteiger partial charge in [0.05, 0.1) is 30.5 Å². The van der Waals surface area contributed by atoms with Crippen LogP contribution in [0.15, 0.2) is 42.9 Å². The van der Waals surface area contributed by atoms with E-state index in [1.54, 1.807) is 13.3 Å². The van der Waals surface area contributed by atoms with Crippen molar-refractivity contribution >= 4 is 16.7 Å². The molecule has 8 heteroatoms. The normalized spacial score (nSPS) is 11.2. The molecule has 8 nitrogen and oxygen atoms in total. The van der Waals surface area contributed by atoms with Crippen molar-refractivity contribution in [2.45, 2.75) is 33.2 Å². The van der Waals surface area contributed by atoms with Crippen LogP contribution in [-0.4, -0.2) is 38.4 Å². The minimum atomic E-state index is 0.235. The molecule has 0 radical (unpaired) electrons. The molecule has 0 atom stereocenters. The molecule has 4 aromatic heterocycles. The summed E-state index contributed by atoms with van der Waals surface area (Å²) >= 11 is 0. The van der Waals surface area contributed by atoms with Crippen molar-refractivity contribution < 1.29 is 9.47 Å². The monoisotopic (exact) mass is 432 g/mol. The molecular weight excluding hydrogens is 404 g/mol. The number of ether oxygens (including phenoxy) is 2. The molecule has 4 heterocycles. The highest BCUT2D eigenvalue weighted by Gasteiger charge is 2.22. The molecule has 0 fully saturated rings. The quantitative estimate of drug-likeness (QED) is 0.436. The maximum atomic E-state index is 5.82. The number of aromatic nitrogens is 5. The van der Waals surface area contributed by atoms with Crippen molar-refractivity contribution in [1.82, 2.24) is 24.7 Å². The predicted octanol–water partition coefficient (Wildman–Crippen LogP) is 4.57. The molecule has 4 aromatic rings. The number of nitrogens with zero attached hydrogens (tertiary/aromatic N) is 5. The fourth-order valence-electron chi connectivity index (χ4n) is 3.71. The first-order valence-corrected chi connectivity index (χ1v) is 10.7. The molecule has 32 heavy (non-hydrogen) atoms. The second-order valence-electron chi connectivity index (χ2n) is 7.76. The lowest BCUT2D eigenvalue weighted by molar-refractivity contribution is 0.328. The Labute approximate surface area is 187 Å². The van der Waals surface area contributed by atoms with E-state index >= 15 is 0 Å². The van der Waals surface area contributed by atoms with Crippen molar-refractivity contribution in [3.05, 3.63) is 54.1 Å². The summed E-state index contributed by atoms with van der Waals surface area (Å²) in [6, 6.07) is 7.77. The van der Waals surface area contributed by atoms with E-state index in [4.69, 9.17) is 19.6 Å². The molecule has 0 saturated heterocycles. The van der Waals surface area contributed by atoms with E-state index in [9.17, 15) is 0 Å². The molecular formula is C24H28N6O2. The van der Waals surface area contributed by atoms with Gasteiger partial charge in [0.25, 0.3) is 0 Å². The first-order valence-electron chi connectivity index (χ1n) is 10.7. The van der Waals surface area contributed by atoms with Crippen LogP contribution in [0.3, 0.4) is 0 Å². The summed E-state index contributed by atoms with van der Waals surface area (Å²) in [7, 11) is 3.54. The van der Waals surface area contributed by atoms with Gasteiger partial charge < -0.3 is 14.8 Å². The lowest BCUT2D eigenvalue weighted by Gasteiger charge is -2.16. The van der Waals surface area contributed by atoms with Crippen molar-refractivity contribution in [3.63, 3.8) is 0 Å². The van der Waals surface area contributed by atoms with E-state index in [0.717, 1.165) is 39.1 Å². The zero-order chi connectivity index (χ0) is 22.7. The van der Waals surface area contributed by atoms with Crippen LogP contribution in [0.25, 0.3) is 22.2 Å². The first-order chi connectivity index (χ1) is 15.5. The van der Waals surface area contributed by atoms with Gasteiger partial charge in [-0.3, -0.25) is 4.68 Å². The molecule has 0 aliphatic heterocycles. The average Bonchev–Trinajstić information content (AvgIpc) is 3.15. The second kappa shape index (κ2) is 9.21. The number of fused-ring (bicyclic) bond motifs is 1. The number of pyridine rings is 3. The molecule has 0 aliphatic carbocycles. The molecule has 0 saturated carbocycles. The fraction of sp³-hybridized carbons (Fsp3) is 0.333. The molecule has 166 valence electrons. The van der Waals surface area contributed by atoms with Gasteiger partial charge in [-0.05, 0) is 30.5 Å². The molecule has 0 spiro atoms. The summed E-state index contributed by atoms with van der Waals surface area (Å²) in [6.07, 6.45) is 5.41. The highest BCUT2D eigenvalue weighted by atomic mass is 16.5. The molecule has 4 rings (SSSR count). The first kappa shape index (κ1) is 21.5. The van der Waals surface area contributed by atoms with Gasteiger partial charge in [-0.25, -0.2) is 15.0 Å². The predicted molar refractivity (Wildman–Crippen MR) is 125 cm³/mol. The zero-order valence-electron chi connectivity index (χ0n) is 19.1. The van der Waals surface area contributed by atoms with E-state index in [1.165, 1.54) is 0 Å². The summed E-state index contributed by atoms with van der Waals surface area (Å²) in [5.41, 5.74) is 5.62. The van der Waals surface area contributed by atoms with Gasteiger partial charge >= 0.3 is 0 Å². The topological polar surface area (TPSA) is 87.0 Å². The van der Waals surface area contributed by atoms with Crippen LogP contribution >= 0.6 is 0 Å². The van der Waals surface area contributed by atoms with E-state index in [0.29, 0.717) is 24.9 Å². The molecule has 0 unspecified atom stereocenters. The van der Waals surface area contributed by atoms with Gasteiger partial charge in [-0.2, -0.15) is 5.10 Å². The van der Waals surface area contributed by atoms with Crippen LogP contribution in [0.4, 0.5) is 5.69 Å². The average molecular weight is 433 g/mol. The molecule has 0 bridgehead atoms. The summed E-state index contributed by atoms with van der Waals surface area (Å²) in [5.74, 6) is 1.41.